The quantitative estimate of drug-likeness (QED) is 0.0146. The number of phosphoric acid groups is 2. The van der Waals surface area contributed by atoms with Gasteiger partial charge in [0.1, 0.15) is 25.4 Å². The first-order chi connectivity index (χ1) is 59.2. The first-order valence-corrected chi connectivity index (χ1v) is 51.8. The Labute approximate surface area is 740 Å². The summed E-state index contributed by atoms with van der Waals surface area (Å²) in [6.07, 6.45) is 122. The minimum absolute atomic E-state index is 0.0629. The van der Waals surface area contributed by atoms with E-state index in [1.165, 1.54) is 225 Å². The maximum Gasteiger partial charge on any atom is 0.472 e. The van der Waals surface area contributed by atoms with E-state index in [-0.39, 0.29) is 19.3 Å². The highest BCUT2D eigenvalue weighted by Crippen LogP contribution is 2.45. The summed E-state index contributed by atoms with van der Waals surface area (Å²) in [5, 5.41) is 20.8. The van der Waals surface area contributed by atoms with Crippen LogP contribution in [0.1, 0.15) is 419 Å². The number of rotatable bonds is 92. The van der Waals surface area contributed by atoms with Crippen LogP contribution in [0.2, 0.25) is 0 Å². The molecule has 0 aromatic heterocycles. The Morgan fingerprint density at radius 3 is 0.702 bits per heavy atom. The maximum atomic E-state index is 13.1. The molecule has 0 aliphatic carbocycles. The summed E-state index contributed by atoms with van der Waals surface area (Å²) >= 11 is 0. The van der Waals surface area contributed by atoms with Crippen molar-refractivity contribution < 1.29 is 75.8 Å². The molecule has 0 amide bonds. The number of carbonyl (C=O) groups excluding carboxylic acids is 3. The number of aliphatic hydroxyl groups excluding tert-OH is 2. The van der Waals surface area contributed by atoms with E-state index in [0.29, 0.717) is 19.3 Å². The third kappa shape index (κ3) is 95.7. The van der Waals surface area contributed by atoms with Crippen LogP contribution in [0, 0.1) is 0 Å². The second-order valence-electron chi connectivity index (χ2n) is 32.5. The van der Waals surface area contributed by atoms with Crippen molar-refractivity contribution in [3.05, 3.63) is 158 Å². The van der Waals surface area contributed by atoms with Crippen molar-refractivity contribution in [1.82, 2.24) is 0 Å². The van der Waals surface area contributed by atoms with Crippen LogP contribution >= 0.6 is 15.6 Å². The highest BCUT2D eigenvalue weighted by Gasteiger charge is 2.30. The number of ether oxygens (including phenoxy) is 3. The van der Waals surface area contributed by atoms with Gasteiger partial charge in [-0.3, -0.25) is 32.5 Å². The Morgan fingerprint density at radius 1 is 0.240 bits per heavy atom. The summed E-state index contributed by atoms with van der Waals surface area (Å²) in [4.78, 5) is 59.0. The number of hydrogen-bond acceptors (Lipinski definition) is 14. The van der Waals surface area contributed by atoms with E-state index in [1.54, 1.807) is 0 Å². The Morgan fingerprint density at radius 2 is 0.438 bits per heavy atom. The van der Waals surface area contributed by atoms with Crippen LogP contribution in [0.5, 0.6) is 0 Å². The zero-order chi connectivity index (χ0) is 87.9. The van der Waals surface area contributed by atoms with E-state index in [9.17, 15) is 43.5 Å². The molecule has 0 bridgehead atoms. The molecule has 18 heteroatoms. The fourth-order valence-corrected chi connectivity index (χ4v) is 14.9. The van der Waals surface area contributed by atoms with E-state index in [4.69, 9.17) is 32.3 Å². The molecule has 0 aliphatic rings. The number of hydrogen-bond donors (Lipinski definition) is 4. The molecule has 0 aliphatic heterocycles. The van der Waals surface area contributed by atoms with Crippen molar-refractivity contribution in [2.45, 2.75) is 437 Å². The predicted molar refractivity (Wildman–Crippen MR) is 509 cm³/mol. The summed E-state index contributed by atoms with van der Waals surface area (Å²) in [5.41, 5.74) is 0. The Balaban J connectivity index is 4.50. The third-order valence-electron chi connectivity index (χ3n) is 20.7. The molecule has 16 nitrogen and oxygen atoms in total. The number of phosphoric ester groups is 2. The second-order valence-corrected chi connectivity index (χ2v) is 35.4. The molecule has 0 radical (unpaired) electrons. The largest absolute Gasteiger partial charge is 0.472 e. The SMILES string of the molecule is CC/C=C\C/C=C\C/C=C\C/C=C\C/C=C\CCCCCC(=O)OC(COC(=O)CCCCCCCCCCCCCCCCC/C=C\C/C=C\C/C=C\C/C=C\CCCCC)COP(=O)(O)OCC(O)COP(=O)(O)OCC(O)COC(=O)CCCCCCCCCCCCCCCCCCCCC/C=C\C/C=C\C/C=C\C/C=C\CCCCC. The van der Waals surface area contributed by atoms with Crippen molar-refractivity contribution in [2.24, 2.45) is 0 Å². The minimum atomic E-state index is -4.95. The molecular weight excluding hydrogens is 1560 g/mol. The molecule has 0 aromatic rings. The number of unbranched alkanes of at least 4 members (excludes halogenated alkanes) is 43. The van der Waals surface area contributed by atoms with Gasteiger partial charge in [-0.05, 0) is 154 Å². The molecule has 0 saturated heterocycles. The average Bonchev–Trinajstić information content (AvgIpc) is 0.968. The lowest BCUT2D eigenvalue weighted by Gasteiger charge is -2.21. The summed E-state index contributed by atoms with van der Waals surface area (Å²) in [5.74, 6) is -1.60. The van der Waals surface area contributed by atoms with Crippen LogP contribution < -0.4 is 0 Å². The van der Waals surface area contributed by atoms with E-state index < -0.39 is 91.5 Å². The van der Waals surface area contributed by atoms with Crippen LogP contribution in [-0.4, -0.2) is 95.9 Å². The number of allylic oxidation sites excluding steroid dienone is 26. The van der Waals surface area contributed by atoms with Crippen molar-refractivity contribution in [3.8, 4) is 0 Å². The fraction of sp³-hybridized carbons (Fsp3) is 0.718. The van der Waals surface area contributed by atoms with Crippen LogP contribution in [0.15, 0.2) is 158 Å². The van der Waals surface area contributed by atoms with Crippen molar-refractivity contribution >= 4 is 33.6 Å². The Bertz CT molecular complexity index is 2830. The van der Waals surface area contributed by atoms with Crippen LogP contribution in [0.25, 0.3) is 0 Å². The zero-order valence-electron chi connectivity index (χ0n) is 76.9. The van der Waals surface area contributed by atoms with Crippen LogP contribution in [0.4, 0.5) is 0 Å². The van der Waals surface area contributed by atoms with Gasteiger partial charge in [-0.25, -0.2) is 9.13 Å². The van der Waals surface area contributed by atoms with Gasteiger partial charge < -0.3 is 34.2 Å². The average molecular weight is 1730 g/mol. The standard InChI is InChI=1S/C103H178O16P2/c1-4-7-10-13-16-19-22-25-28-31-34-36-38-40-42-44-46-47-48-49-51-53-54-56-58-60-63-65-68-71-74-77-80-83-86-89-101(106)113-92-98(104)93-115-120(109,110)116-94-99(105)95-117-121(111,112)118-97-100(119-103(108)91-88-85-82-79-76-73-70-67-62-33-30-27-24-21-18-15-12-9-6-3)96-114-102(107)90-87-84-81-78-75-72-69-66-64-61-59-57-55-52-50-45-43-41-39-37-35-32-29-26-23-20-17-14-11-8-5-2/h9,12,16-21,25-30,34-37,40-43,62,67,73,76,98-100,104-105H,4-8,10-11,13-15,22-24,31-33,38-39,44-61,63-66,68-72,74-75,77-97H2,1-3H3,(H,109,110)(H,111,112)/b12-9-,19-16-,20-17-,21-18-,28-25-,29-26-,30-27-,36-34-,37-35-,42-40-,43-41-,67-62-,76-73-. The lowest BCUT2D eigenvalue weighted by Crippen LogP contribution is -2.30. The molecule has 0 saturated carbocycles. The molecule has 4 N–H and O–H groups in total. The Hall–Kier alpha value is -4.83. The molecule has 696 valence electrons. The van der Waals surface area contributed by atoms with Gasteiger partial charge in [0.2, 0.25) is 0 Å². The highest BCUT2D eigenvalue weighted by molar-refractivity contribution is 7.47. The van der Waals surface area contributed by atoms with Gasteiger partial charge in [-0.2, -0.15) is 0 Å². The summed E-state index contributed by atoms with van der Waals surface area (Å²) in [6.45, 7) is 2.53. The lowest BCUT2D eigenvalue weighted by molar-refractivity contribution is -0.161. The molecule has 0 rings (SSSR count). The third-order valence-corrected chi connectivity index (χ3v) is 22.6. The summed E-state index contributed by atoms with van der Waals surface area (Å²) in [7, 11) is -9.82. The topological polar surface area (TPSA) is 231 Å². The van der Waals surface area contributed by atoms with Crippen LogP contribution in [-0.2, 0) is 55.8 Å². The number of aliphatic hydroxyl groups is 2. The highest BCUT2D eigenvalue weighted by atomic mass is 31.2. The van der Waals surface area contributed by atoms with Gasteiger partial charge >= 0.3 is 33.6 Å². The molecular formula is C103H178O16P2. The first kappa shape index (κ1) is 116. The molecule has 121 heavy (non-hydrogen) atoms. The van der Waals surface area contributed by atoms with Gasteiger partial charge in [-0.15, -0.1) is 0 Å². The number of carbonyl (C=O) groups is 3. The fourth-order valence-electron chi connectivity index (χ4n) is 13.3. The smallest absolute Gasteiger partial charge is 0.463 e. The van der Waals surface area contributed by atoms with Crippen molar-refractivity contribution in [2.75, 3.05) is 39.6 Å². The molecule has 0 aromatic carbocycles. The number of esters is 3. The second kappa shape index (κ2) is 94.3. The first-order valence-electron chi connectivity index (χ1n) is 48.8. The van der Waals surface area contributed by atoms with E-state index in [2.05, 4.69) is 179 Å². The normalized spacial score (nSPS) is 14.4. The Kier molecular flexibility index (Phi) is 90.5. The van der Waals surface area contributed by atoms with Gasteiger partial charge in [0.05, 0.1) is 26.4 Å². The molecule has 5 atom stereocenters. The summed E-state index contributed by atoms with van der Waals surface area (Å²) < 4.78 is 61.5. The van der Waals surface area contributed by atoms with E-state index >= 15 is 0 Å². The van der Waals surface area contributed by atoms with Gasteiger partial charge in [0, 0.05) is 19.3 Å². The monoisotopic (exact) mass is 1730 g/mol. The van der Waals surface area contributed by atoms with Gasteiger partial charge in [0.15, 0.2) is 6.10 Å². The zero-order valence-corrected chi connectivity index (χ0v) is 78.7. The van der Waals surface area contributed by atoms with Gasteiger partial charge in [0.25, 0.3) is 0 Å². The maximum absolute atomic E-state index is 13.1. The lowest BCUT2D eigenvalue weighted by atomic mass is 10.0. The predicted octanol–water partition coefficient (Wildman–Crippen LogP) is 30.5. The molecule has 5 unspecified atom stereocenters. The molecule has 0 spiro atoms. The molecule has 0 heterocycles. The van der Waals surface area contributed by atoms with Crippen LogP contribution in [0.3, 0.4) is 0 Å². The van der Waals surface area contributed by atoms with E-state index in [0.717, 1.165) is 135 Å². The van der Waals surface area contributed by atoms with Crippen molar-refractivity contribution in [3.63, 3.8) is 0 Å². The van der Waals surface area contributed by atoms with Crippen molar-refractivity contribution in [1.29, 1.82) is 0 Å². The summed E-state index contributed by atoms with van der Waals surface area (Å²) in [6, 6.07) is 0. The van der Waals surface area contributed by atoms with E-state index in [1.807, 2.05) is 0 Å². The molecule has 0 fully saturated rings. The minimum Gasteiger partial charge on any atom is -0.463 e. The van der Waals surface area contributed by atoms with Gasteiger partial charge in [-0.1, -0.05) is 403 Å².